The van der Waals surface area contributed by atoms with Gasteiger partial charge in [-0.25, -0.2) is 9.69 Å². The Kier molecular flexibility index (Phi) is 6.37. The van der Waals surface area contributed by atoms with Crippen LogP contribution < -0.4 is 10.6 Å². The number of amides is 4. The van der Waals surface area contributed by atoms with Crippen LogP contribution in [0, 0.1) is 6.92 Å². The maximum absolute atomic E-state index is 12.8. The van der Waals surface area contributed by atoms with Crippen LogP contribution in [0.1, 0.15) is 11.1 Å². The highest BCUT2D eigenvalue weighted by molar-refractivity contribution is 7.99. The third-order valence-corrected chi connectivity index (χ3v) is 5.86. The monoisotopic (exact) mass is 443 g/mol. The minimum Gasteiger partial charge on any atom is -0.325 e. The molecule has 1 saturated heterocycles. The van der Waals surface area contributed by atoms with E-state index in [1.165, 1.54) is 0 Å². The van der Waals surface area contributed by atoms with Gasteiger partial charge in [0, 0.05) is 15.5 Å². The Morgan fingerprint density at radius 2 is 1.75 bits per heavy atom. The van der Waals surface area contributed by atoms with Gasteiger partial charge in [0.2, 0.25) is 5.91 Å². The molecule has 1 aliphatic rings. The first-order valence-corrected chi connectivity index (χ1v) is 10.8. The van der Waals surface area contributed by atoms with Crippen molar-refractivity contribution in [3.8, 4) is 0 Å². The predicted molar refractivity (Wildman–Crippen MR) is 125 cm³/mol. The highest BCUT2D eigenvalue weighted by atomic mass is 32.2. The lowest BCUT2D eigenvalue weighted by Gasteiger charge is -2.12. The molecule has 1 fully saturated rings. The maximum Gasteiger partial charge on any atom is 0.329 e. The molecule has 0 aliphatic carbocycles. The Balaban J connectivity index is 1.49. The quantitative estimate of drug-likeness (QED) is 0.428. The summed E-state index contributed by atoms with van der Waals surface area (Å²) in [6.45, 7) is 1.55. The zero-order valence-electron chi connectivity index (χ0n) is 17.4. The van der Waals surface area contributed by atoms with Gasteiger partial charge in [0.05, 0.1) is 0 Å². The fourth-order valence-electron chi connectivity index (χ4n) is 3.25. The summed E-state index contributed by atoms with van der Waals surface area (Å²) in [6, 6.07) is 24.2. The molecule has 0 radical (unpaired) electrons. The molecule has 32 heavy (non-hydrogen) atoms. The van der Waals surface area contributed by atoms with Crippen LogP contribution in [-0.2, 0) is 9.59 Å². The first kappa shape index (κ1) is 21.4. The number of nitrogens with zero attached hydrogens (tertiary/aromatic N) is 1. The lowest BCUT2D eigenvalue weighted by molar-refractivity contribution is -0.127. The lowest BCUT2D eigenvalue weighted by atomic mass is 10.2. The number of carbonyl (C=O) groups excluding carboxylic acids is 3. The molecule has 4 rings (SSSR count). The van der Waals surface area contributed by atoms with E-state index in [9.17, 15) is 14.4 Å². The predicted octanol–water partition coefficient (Wildman–Crippen LogP) is 4.68. The van der Waals surface area contributed by atoms with Crippen molar-refractivity contribution in [1.82, 2.24) is 10.2 Å². The van der Waals surface area contributed by atoms with Crippen LogP contribution in [-0.4, -0.2) is 29.3 Å². The summed E-state index contributed by atoms with van der Waals surface area (Å²) in [5.74, 6) is -0.978. The lowest BCUT2D eigenvalue weighted by Crippen LogP contribution is -2.38. The molecule has 0 unspecified atom stereocenters. The number of rotatable bonds is 6. The molecule has 1 heterocycles. The highest BCUT2D eigenvalue weighted by Gasteiger charge is 2.35. The second kappa shape index (κ2) is 9.53. The van der Waals surface area contributed by atoms with Crippen LogP contribution in [0.2, 0.25) is 0 Å². The summed E-state index contributed by atoms with van der Waals surface area (Å²) in [7, 11) is 0. The number of hydrogen-bond donors (Lipinski definition) is 2. The molecular formula is C25H21N3O3S. The van der Waals surface area contributed by atoms with Gasteiger partial charge >= 0.3 is 6.03 Å². The maximum atomic E-state index is 12.8. The number of benzene rings is 3. The van der Waals surface area contributed by atoms with E-state index >= 15 is 0 Å². The van der Waals surface area contributed by atoms with Gasteiger partial charge < -0.3 is 10.6 Å². The topological polar surface area (TPSA) is 78.5 Å². The van der Waals surface area contributed by atoms with Crippen LogP contribution in [0.5, 0.6) is 0 Å². The molecule has 3 aromatic carbocycles. The fourth-order valence-corrected chi connectivity index (χ4v) is 4.18. The number of nitrogens with one attached hydrogen (secondary N) is 2. The van der Waals surface area contributed by atoms with Gasteiger partial charge in [-0.05, 0) is 54.5 Å². The average Bonchev–Trinajstić information content (AvgIpc) is 3.03. The smallest absolute Gasteiger partial charge is 0.325 e. The minimum atomic E-state index is -0.617. The Labute approximate surface area is 190 Å². The summed E-state index contributed by atoms with van der Waals surface area (Å²) in [5, 5.41) is 5.30. The third kappa shape index (κ3) is 5.07. The zero-order valence-corrected chi connectivity index (χ0v) is 18.2. The van der Waals surface area contributed by atoms with Crippen molar-refractivity contribution in [2.24, 2.45) is 0 Å². The molecule has 0 atom stereocenters. The Bertz CT molecular complexity index is 1210. The van der Waals surface area contributed by atoms with E-state index in [1.54, 1.807) is 23.9 Å². The van der Waals surface area contributed by atoms with E-state index in [-0.39, 0.29) is 12.2 Å². The molecule has 0 saturated carbocycles. The number of imide groups is 1. The van der Waals surface area contributed by atoms with Gasteiger partial charge in [0.15, 0.2) is 0 Å². The first-order valence-electron chi connectivity index (χ1n) is 10.0. The van der Waals surface area contributed by atoms with Crippen molar-refractivity contribution in [3.05, 3.63) is 95.7 Å². The van der Waals surface area contributed by atoms with E-state index < -0.39 is 17.8 Å². The molecule has 0 aromatic heterocycles. The Hall–Kier alpha value is -3.84. The first-order chi connectivity index (χ1) is 15.5. The molecule has 1 aliphatic heterocycles. The van der Waals surface area contributed by atoms with Crippen molar-refractivity contribution in [3.63, 3.8) is 0 Å². The largest absolute Gasteiger partial charge is 0.329 e. The van der Waals surface area contributed by atoms with E-state index in [2.05, 4.69) is 10.6 Å². The van der Waals surface area contributed by atoms with E-state index in [0.717, 1.165) is 25.8 Å². The number of urea groups is 1. The molecule has 0 spiro atoms. The average molecular weight is 444 g/mol. The van der Waals surface area contributed by atoms with Crippen molar-refractivity contribution in [2.45, 2.75) is 16.7 Å². The number of aryl methyl sites for hydroxylation is 1. The Morgan fingerprint density at radius 3 is 2.53 bits per heavy atom. The van der Waals surface area contributed by atoms with Crippen LogP contribution in [0.15, 0.2) is 94.4 Å². The van der Waals surface area contributed by atoms with Crippen molar-refractivity contribution >= 4 is 41.4 Å². The summed E-state index contributed by atoms with van der Waals surface area (Å²) >= 11 is 1.57. The van der Waals surface area contributed by atoms with Crippen LogP contribution >= 0.6 is 11.8 Å². The third-order valence-electron chi connectivity index (χ3n) is 4.76. The molecule has 160 valence electrons. The molecule has 3 aromatic rings. The number of hydrogen-bond acceptors (Lipinski definition) is 4. The SMILES string of the molecule is Cc1cccc(NC(=O)CN2C(=O)NC(=Cc3ccccc3Sc3ccccc3)C2=O)c1. The van der Waals surface area contributed by atoms with Gasteiger partial charge in [0.1, 0.15) is 12.2 Å². The van der Waals surface area contributed by atoms with Crippen molar-refractivity contribution < 1.29 is 14.4 Å². The van der Waals surface area contributed by atoms with Crippen LogP contribution in [0.4, 0.5) is 10.5 Å². The normalized spacial score (nSPS) is 14.5. The minimum absolute atomic E-state index is 0.138. The standard InChI is InChI=1S/C25H21N3O3S/c1-17-8-7-10-19(14-17)26-23(29)16-28-24(30)21(27-25(28)31)15-18-9-5-6-13-22(18)32-20-11-3-2-4-12-20/h2-15H,16H2,1H3,(H,26,29)(H,27,31). The summed E-state index contributed by atoms with van der Waals surface area (Å²) in [6.07, 6.45) is 1.64. The van der Waals surface area contributed by atoms with Crippen molar-refractivity contribution in [1.29, 1.82) is 0 Å². The summed E-state index contributed by atoms with van der Waals surface area (Å²) < 4.78 is 0. The van der Waals surface area contributed by atoms with Gasteiger partial charge in [-0.1, -0.05) is 60.3 Å². The van der Waals surface area contributed by atoms with Gasteiger partial charge in [-0.15, -0.1) is 0 Å². The fraction of sp³-hybridized carbons (Fsp3) is 0.0800. The molecule has 0 bridgehead atoms. The van der Waals surface area contributed by atoms with E-state index in [0.29, 0.717) is 5.69 Å². The number of carbonyl (C=O) groups is 3. The van der Waals surface area contributed by atoms with Crippen molar-refractivity contribution in [2.75, 3.05) is 11.9 Å². The molecule has 6 nitrogen and oxygen atoms in total. The second-order valence-electron chi connectivity index (χ2n) is 7.25. The van der Waals surface area contributed by atoms with Crippen LogP contribution in [0.25, 0.3) is 6.08 Å². The molecule has 4 amide bonds. The number of anilines is 1. The molecular weight excluding hydrogens is 422 g/mol. The van der Waals surface area contributed by atoms with E-state index in [1.807, 2.05) is 79.7 Å². The van der Waals surface area contributed by atoms with E-state index in [4.69, 9.17) is 0 Å². The van der Waals surface area contributed by atoms with Crippen LogP contribution in [0.3, 0.4) is 0 Å². The van der Waals surface area contributed by atoms with Gasteiger partial charge in [-0.3, -0.25) is 9.59 Å². The molecule has 7 heteroatoms. The zero-order chi connectivity index (χ0) is 22.5. The molecule has 2 N–H and O–H groups in total. The Morgan fingerprint density at radius 1 is 1.00 bits per heavy atom. The highest BCUT2D eigenvalue weighted by Crippen LogP contribution is 2.31. The second-order valence-corrected chi connectivity index (χ2v) is 8.37. The summed E-state index contributed by atoms with van der Waals surface area (Å²) in [5.41, 5.74) is 2.55. The summed E-state index contributed by atoms with van der Waals surface area (Å²) in [4.78, 5) is 40.5. The van der Waals surface area contributed by atoms with Gasteiger partial charge in [-0.2, -0.15) is 0 Å². The van der Waals surface area contributed by atoms with Gasteiger partial charge in [0.25, 0.3) is 5.91 Å².